The van der Waals surface area contributed by atoms with Gasteiger partial charge in [-0.05, 0) is 74.8 Å². The number of fused-ring (bicyclic) bond motifs is 1. The van der Waals surface area contributed by atoms with Crippen LogP contribution in [0.5, 0.6) is 0 Å². The van der Waals surface area contributed by atoms with Gasteiger partial charge in [-0.3, -0.25) is 9.59 Å². The highest BCUT2D eigenvalue weighted by Gasteiger charge is 2.48. The van der Waals surface area contributed by atoms with E-state index in [1.54, 1.807) is 18.2 Å². The minimum Gasteiger partial charge on any atom is -0.481 e. The number of para-hydroxylation sites is 1. The van der Waals surface area contributed by atoms with E-state index in [0.29, 0.717) is 66.6 Å². The number of nitrogens with zero attached hydrogens (tertiary/aromatic N) is 2. The number of aliphatic carboxylic acids is 1. The number of carbonyl (C=O) groups is 2. The van der Waals surface area contributed by atoms with Gasteiger partial charge in [0.25, 0.3) is 6.01 Å². The molecule has 8 nitrogen and oxygen atoms in total. The number of hydrogen-bond acceptors (Lipinski definition) is 7. The number of halogens is 2. The molecule has 38 heavy (non-hydrogen) atoms. The normalized spacial score (nSPS) is 21.9. The lowest BCUT2D eigenvalue weighted by Crippen LogP contribution is -2.54. The van der Waals surface area contributed by atoms with Crippen LogP contribution in [0.1, 0.15) is 49.7 Å². The molecule has 1 saturated heterocycles. The van der Waals surface area contributed by atoms with Crippen molar-refractivity contribution < 1.29 is 28.2 Å². The maximum absolute atomic E-state index is 16.4. The minimum atomic E-state index is -2.56. The first-order valence-corrected chi connectivity index (χ1v) is 13.4. The van der Waals surface area contributed by atoms with Crippen molar-refractivity contribution >= 4 is 46.2 Å². The number of alkyl halides is 1. The molecule has 1 aliphatic carbocycles. The van der Waals surface area contributed by atoms with E-state index in [0.717, 1.165) is 23.9 Å². The second-order valence-corrected chi connectivity index (χ2v) is 10.6. The first-order valence-electron chi connectivity index (χ1n) is 13.0. The number of rotatable bonds is 9. The van der Waals surface area contributed by atoms with Crippen molar-refractivity contribution in [1.82, 2.24) is 9.88 Å². The second kappa shape index (κ2) is 11.0. The van der Waals surface area contributed by atoms with Crippen molar-refractivity contribution in [1.29, 1.82) is 0 Å². The summed E-state index contributed by atoms with van der Waals surface area (Å²) < 4.78 is 28.0. The smallest absolute Gasteiger partial charge is 0.330 e. The Kier molecular flexibility index (Phi) is 7.70. The molecular weight excluding hydrogens is 513 g/mol. The van der Waals surface area contributed by atoms with E-state index >= 15 is 4.39 Å². The molecule has 3 aromatic rings. The fourth-order valence-corrected chi connectivity index (χ4v) is 5.54. The molecule has 0 radical (unpaired) electrons. The quantitative estimate of drug-likeness (QED) is 0.315. The molecule has 1 aliphatic heterocycles. The zero-order valence-corrected chi connectivity index (χ0v) is 22.0. The number of Topliss-reactive ketones (excluding diaryl/α,β-unsaturated/α-hetero) is 1. The second-order valence-electron chi connectivity index (χ2n) is 10.2. The first kappa shape index (κ1) is 26.6. The first-order chi connectivity index (χ1) is 18.2. The topological polar surface area (TPSA) is 105 Å². The lowest BCUT2D eigenvalue weighted by atomic mass is 9.87. The number of carboxylic acid groups (broad SMARTS) is 1. The number of likely N-dealkylation sites (tertiary alicyclic amines) is 1. The van der Waals surface area contributed by atoms with Crippen LogP contribution < -0.4 is 5.32 Å². The third-order valence-electron chi connectivity index (χ3n) is 7.46. The van der Waals surface area contributed by atoms with Crippen LogP contribution in [0.3, 0.4) is 0 Å². The van der Waals surface area contributed by atoms with E-state index in [1.807, 2.05) is 25.1 Å². The number of oxazole rings is 1. The minimum absolute atomic E-state index is 0.195. The molecule has 2 aliphatic rings. The molecule has 0 amide bonds. The standard InChI is InChI=1S/C28H31ClFN3O5/c1-17-5-4-6-23-25(17)32-27(37-23)31-22-12-7-18(15-21(22)29)16-24(34)28(30,33-13-2-3-14-33)38-20-10-8-19(9-11-20)26(35)36/h4-7,12,15,19-20H,2-3,8-11,13-14,16H2,1H3,(H,31,32)(H,35,36). The van der Waals surface area contributed by atoms with Crippen molar-refractivity contribution in [2.75, 3.05) is 18.4 Å². The van der Waals surface area contributed by atoms with Crippen molar-refractivity contribution in [2.24, 2.45) is 5.92 Å². The summed E-state index contributed by atoms with van der Waals surface area (Å²) in [5.74, 6) is -4.53. The van der Waals surface area contributed by atoms with Crippen LogP contribution in [0, 0.1) is 12.8 Å². The van der Waals surface area contributed by atoms with Crippen LogP contribution in [0.25, 0.3) is 11.1 Å². The number of ketones is 1. The van der Waals surface area contributed by atoms with E-state index < -0.39 is 29.8 Å². The SMILES string of the molecule is Cc1cccc2oc(Nc3ccc(CC(=O)C(F)(OC4CCC(C(=O)O)CC4)N4CCCC4)cc3Cl)nc12. The summed E-state index contributed by atoms with van der Waals surface area (Å²) in [7, 11) is 0. The van der Waals surface area contributed by atoms with E-state index in [2.05, 4.69) is 10.3 Å². The fraction of sp³-hybridized carbons (Fsp3) is 0.464. The third-order valence-corrected chi connectivity index (χ3v) is 7.78. The van der Waals surface area contributed by atoms with Gasteiger partial charge >= 0.3 is 11.9 Å². The summed E-state index contributed by atoms with van der Waals surface area (Å²) in [6.45, 7) is 2.81. The lowest BCUT2D eigenvalue weighted by molar-refractivity contribution is -0.252. The predicted octanol–water partition coefficient (Wildman–Crippen LogP) is 6.02. The van der Waals surface area contributed by atoms with Crippen LogP contribution in [-0.4, -0.2) is 51.9 Å². The average molecular weight is 544 g/mol. The molecule has 10 heteroatoms. The highest BCUT2D eigenvalue weighted by atomic mass is 35.5. The molecule has 2 aromatic carbocycles. The van der Waals surface area contributed by atoms with Gasteiger partial charge in [-0.25, -0.2) is 4.90 Å². The molecule has 2 heterocycles. The van der Waals surface area contributed by atoms with E-state index in [-0.39, 0.29) is 6.42 Å². The third kappa shape index (κ3) is 5.55. The Bertz CT molecular complexity index is 1330. The van der Waals surface area contributed by atoms with E-state index in [4.69, 9.17) is 20.8 Å². The average Bonchev–Trinajstić information content (AvgIpc) is 3.57. The van der Waals surface area contributed by atoms with Gasteiger partial charge in [0.1, 0.15) is 5.52 Å². The number of carbonyl (C=O) groups excluding carboxylic acids is 1. The molecule has 0 bridgehead atoms. The van der Waals surface area contributed by atoms with Gasteiger partial charge in [0.15, 0.2) is 5.58 Å². The largest absolute Gasteiger partial charge is 0.481 e. The summed E-state index contributed by atoms with van der Waals surface area (Å²) in [6, 6.07) is 11.0. The summed E-state index contributed by atoms with van der Waals surface area (Å²) >= 11 is 6.50. The maximum Gasteiger partial charge on any atom is 0.330 e. The van der Waals surface area contributed by atoms with Crippen LogP contribution in [-0.2, 0) is 20.7 Å². The van der Waals surface area contributed by atoms with E-state index in [9.17, 15) is 14.7 Å². The van der Waals surface area contributed by atoms with Gasteiger partial charge in [-0.15, -0.1) is 0 Å². The molecular formula is C28H31ClFN3O5. The molecule has 1 atom stereocenters. The van der Waals surface area contributed by atoms with Gasteiger partial charge in [-0.1, -0.05) is 29.8 Å². The number of nitrogens with one attached hydrogen (secondary N) is 1. The maximum atomic E-state index is 16.4. The van der Waals surface area contributed by atoms with Crippen molar-refractivity contribution in [2.45, 2.75) is 64.0 Å². The van der Waals surface area contributed by atoms with Gasteiger partial charge in [0.05, 0.1) is 22.7 Å². The number of carboxylic acids is 1. The summed E-state index contributed by atoms with van der Waals surface area (Å²) in [5.41, 5.74) is 3.50. The Morgan fingerprint density at radius 3 is 2.61 bits per heavy atom. The van der Waals surface area contributed by atoms with Gasteiger partial charge in [0.2, 0.25) is 5.78 Å². The highest BCUT2D eigenvalue weighted by Crippen LogP contribution is 2.35. The lowest BCUT2D eigenvalue weighted by Gasteiger charge is -2.37. The predicted molar refractivity (Wildman–Crippen MR) is 141 cm³/mol. The summed E-state index contributed by atoms with van der Waals surface area (Å²) in [6.07, 6.45) is 2.51. The van der Waals surface area contributed by atoms with Gasteiger partial charge in [-0.2, -0.15) is 9.37 Å². The number of aromatic nitrogens is 1. The van der Waals surface area contributed by atoms with Crippen molar-refractivity contribution in [3.63, 3.8) is 0 Å². The monoisotopic (exact) mass is 543 g/mol. The van der Waals surface area contributed by atoms with Crippen molar-refractivity contribution in [3.05, 3.63) is 52.5 Å². The summed E-state index contributed by atoms with van der Waals surface area (Å²) in [4.78, 5) is 30.6. The molecule has 5 rings (SSSR count). The zero-order valence-electron chi connectivity index (χ0n) is 21.2. The Labute approximate surface area is 225 Å². The molecule has 0 spiro atoms. The van der Waals surface area contributed by atoms with Crippen LogP contribution in [0.2, 0.25) is 5.02 Å². The number of ether oxygens (including phenoxy) is 1. The van der Waals surface area contributed by atoms with Crippen LogP contribution >= 0.6 is 11.6 Å². The van der Waals surface area contributed by atoms with Gasteiger partial charge in [0, 0.05) is 19.5 Å². The number of aryl methyl sites for hydroxylation is 1. The van der Waals surface area contributed by atoms with E-state index in [1.165, 1.54) is 4.90 Å². The highest BCUT2D eigenvalue weighted by molar-refractivity contribution is 6.33. The Hall–Kier alpha value is -3.01. The van der Waals surface area contributed by atoms with Crippen LogP contribution in [0.15, 0.2) is 40.8 Å². The molecule has 2 N–H and O–H groups in total. The molecule has 1 aromatic heterocycles. The number of hydrogen-bond donors (Lipinski definition) is 2. The number of anilines is 2. The molecule has 2 fully saturated rings. The number of benzene rings is 2. The fourth-order valence-electron chi connectivity index (χ4n) is 5.29. The molecule has 1 unspecified atom stereocenters. The summed E-state index contributed by atoms with van der Waals surface area (Å²) in [5, 5.41) is 12.7. The Morgan fingerprint density at radius 2 is 1.95 bits per heavy atom. The molecule has 202 valence electrons. The Balaban J connectivity index is 1.28. The zero-order chi connectivity index (χ0) is 26.9. The van der Waals surface area contributed by atoms with Gasteiger partial charge < -0.3 is 19.6 Å². The van der Waals surface area contributed by atoms with Crippen molar-refractivity contribution in [3.8, 4) is 0 Å². The Morgan fingerprint density at radius 1 is 1.21 bits per heavy atom. The van der Waals surface area contributed by atoms with Crippen LogP contribution in [0.4, 0.5) is 16.1 Å². The molecule has 1 saturated carbocycles.